The number of benzene rings is 2. The quantitative estimate of drug-likeness (QED) is 0.908. The summed E-state index contributed by atoms with van der Waals surface area (Å²) in [5, 5.41) is 8.95. The molecule has 0 saturated carbocycles. The molecule has 0 unspecified atom stereocenters. The maximum absolute atomic E-state index is 10.9. The Morgan fingerprint density at radius 3 is 2.09 bits per heavy atom. The summed E-state index contributed by atoms with van der Waals surface area (Å²) in [6.07, 6.45) is 1.65. The van der Waals surface area contributed by atoms with Gasteiger partial charge in [0, 0.05) is 0 Å². The minimum Gasteiger partial charge on any atom is -0.480 e. The summed E-state index contributed by atoms with van der Waals surface area (Å²) in [6.45, 7) is -0.0112. The van der Waals surface area contributed by atoms with E-state index in [1.165, 1.54) is 11.1 Å². The van der Waals surface area contributed by atoms with Gasteiger partial charge in [-0.3, -0.25) is 4.79 Å². The molecule has 3 rings (SSSR count). The van der Waals surface area contributed by atoms with Gasteiger partial charge in [0.05, 0.1) is 6.61 Å². The van der Waals surface area contributed by atoms with Gasteiger partial charge in [0.1, 0.15) is 12.1 Å². The number of carboxylic acid groups (broad SMARTS) is 1. The molecule has 3 N–H and O–H groups in total. The van der Waals surface area contributed by atoms with Gasteiger partial charge in [-0.2, -0.15) is 0 Å². The lowest BCUT2D eigenvalue weighted by molar-refractivity contribution is -0.140. The van der Waals surface area contributed by atoms with Gasteiger partial charge in [-0.1, -0.05) is 48.5 Å². The number of fused-ring (bicyclic) bond motifs is 2. The number of carbonyl (C=O) groups is 1. The van der Waals surface area contributed by atoms with Crippen LogP contribution in [0.5, 0.6) is 0 Å². The van der Waals surface area contributed by atoms with Crippen LogP contribution in [0.1, 0.15) is 28.4 Å². The van der Waals surface area contributed by atoms with Crippen LogP contribution in [0.4, 0.5) is 0 Å². The van der Waals surface area contributed by atoms with E-state index in [9.17, 15) is 4.79 Å². The Balaban J connectivity index is 1.97. The van der Waals surface area contributed by atoms with Crippen molar-refractivity contribution < 1.29 is 14.6 Å². The van der Waals surface area contributed by atoms with Gasteiger partial charge < -0.3 is 15.6 Å². The van der Waals surface area contributed by atoms with Crippen LogP contribution in [0.25, 0.3) is 0 Å². The van der Waals surface area contributed by atoms with Crippen LogP contribution in [0.3, 0.4) is 0 Å². The molecule has 0 heterocycles. The molecule has 0 radical (unpaired) electrons. The average molecular weight is 297 g/mol. The average Bonchev–Trinajstić information content (AvgIpc) is 2.69. The molecule has 22 heavy (non-hydrogen) atoms. The van der Waals surface area contributed by atoms with Crippen LogP contribution in [-0.2, 0) is 22.4 Å². The van der Waals surface area contributed by atoms with Crippen molar-refractivity contribution in [3.05, 3.63) is 70.8 Å². The maximum atomic E-state index is 10.9. The number of aliphatic carboxylic acids is 1. The first kappa shape index (κ1) is 14.8. The molecule has 0 aromatic heterocycles. The lowest BCUT2D eigenvalue weighted by atomic mass is 9.97. The highest BCUT2D eigenvalue weighted by Crippen LogP contribution is 2.34. The van der Waals surface area contributed by atoms with Gasteiger partial charge in [0.2, 0.25) is 0 Å². The van der Waals surface area contributed by atoms with Crippen LogP contribution in [0, 0.1) is 0 Å². The van der Waals surface area contributed by atoms with E-state index in [2.05, 4.69) is 12.1 Å². The highest BCUT2D eigenvalue weighted by molar-refractivity contribution is 5.73. The van der Waals surface area contributed by atoms with Crippen molar-refractivity contribution in [2.45, 2.75) is 25.0 Å². The van der Waals surface area contributed by atoms with Gasteiger partial charge in [0.25, 0.3) is 0 Å². The normalized spacial score (nSPS) is 15.5. The summed E-state index contributed by atoms with van der Waals surface area (Å²) >= 11 is 0. The number of hydrogen-bond donors (Lipinski definition) is 2. The third-order valence-corrected chi connectivity index (χ3v) is 4.10. The van der Waals surface area contributed by atoms with Gasteiger partial charge in [-0.25, -0.2) is 0 Å². The smallest absolute Gasteiger partial charge is 0.322 e. The van der Waals surface area contributed by atoms with Gasteiger partial charge in [-0.05, 0) is 35.1 Å². The molecule has 4 nitrogen and oxygen atoms in total. The minimum absolute atomic E-state index is 0.0112. The van der Waals surface area contributed by atoms with Gasteiger partial charge in [0.15, 0.2) is 0 Å². The fraction of sp³-hybridized carbons (Fsp3) is 0.278. The molecular weight excluding hydrogens is 278 g/mol. The first-order valence-corrected chi connectivity index (χ1v) is 7.42. The Morgan fingerprint density at radius 1 is 1.09 bits per heavy atom. The van der Waals surface area contributed by atoms with Crippen molar-refractivity contribution in [2.75, 3.05) is 6.61 Å². The molecule has 2 aromatic rings. The monoisotopic (exact) mass is 297 g/mol. The zero-order chi connectivity index (χ0) is 15.5. The molecule has 0 amide bonds. The zero-order valence-corrected chi connectivity index (χ0v) is 12.2. The number of nitrogens with two attached hydrogens (primary N) is 1. The number of hydrogen-bond acceptors (Lipinski definition) is 3. The van der Waals surface area contributed by atoms with E-state index in [0.29, 0.717) is 0 Å². The van der Waals surface area contributed by atoms with Crippen molar-refractivity contribution in [3.63, 3.8) is 0 Å². The molecule has 0 spiro atoms. The van der Waals surface area contributed by atoms with Crippen molar-refractivity contribution in [1.29, 1.82) is 0 Å². The topological polar surface area (TPSA) is 72.5 Å². The maximum Gasteiger partial charge on any atom is 0.322 e. The van der Waals surface area contributed by atoms with Crippen molar-refractivity contribution >= 4 is 5.97 Å². The molecular formula is C18H19NO3. The molecule has 0 aliphatic heterocycles. The second-order valence-electron chi connectivity index (χ2n) is 5.56. The first-order valence-electron chi connectivity index (χ1n) is 7.42. The molecule has 1 atom stereocenters. The van der Waals surface area contributed by atoms with Gasteiger partial charge in [-0.15, -0.1) is 0 Å². The van der Waals surface area contributed by atoms with Crippen LogP contribution in [-0.4, -0.2) is 23.7 Å². The van der Waals surface area contributed by atoms with Crippen molar-refractivity contribution in [3.8, 4) is 0 Å². The van der Waals surface area contributed by atoms with E-state index >= 15 is 0 Å². The van der Waals surface area contributed by atoms with E-state index in [4.69, 9.17) is 15.6 Å². The molecule has 0 fully saturated rings. The first-order chi connectivity index (χ1) is 10.7. The highest BCUT2D eigenvalue weighted by Gasteiger charge is 2.25. The number of carboxylic acids is 1. The van der Waals surface area contributed by atoms with Crippen LogP contribution in [0.15, 0.2) is 48.5 Å². The fourth-order valence-electron chi connectivity index (χ4n) is 2.92. The van der Waals surface area contributed by atoms with Crippen molar-refractivity contribution in [1.82, 2.24) is 0 Å². The number of rotatable bonds is 4. The lowest BCUT2D eigenvalue weighted by Crippen LogP contribution is -2.35. The third-order valence-electron chi connectivity index (χ3n) is 4.10. The predicted molar refractivity (Wildman–Crippen MR) is 83.7 cm³/mol. The van der Waals surface area contributed by atoms with Crippen LogP contribution < -0.4 is 5.73 Å². The Morgan fingerprint density at radius 2 is 1.59 bits per heavy atom. The summed E-state index contributed by atoms with van der Waals surface area (Å²) in [6, 6.07) is 15.3. The Labute approximate surface area is 129 Å². The fourth-order valence-corrected chi connectivity index (χ4v) is 2.92. The molecule has 1 aliphatic carbocycles. The summed E-state index contributed by atoms with van der Waals surface area (Å²) in [5.74, 6) is -1.05. The van der Waals surface area contributed by atoms with E-state index in [1.807, 2.05) is 36.4 Å². The summed E-state index contributed by atoms with van der Waals surface area (Å²) in [7, 11) is 0. The van der Waals surface area contributed by atoms with Crippen molar-refractivity contribution in [2.24, 2.45) is 5.73 Å². The SMILES string of the molecule is N[C@@H](COC1c2ccccc2CCc2ccccc21)C(=O)O. The summed E-state index contributed by atoms with van der Waals surface area (Å²) in [5.41, 5.74) is 10.3. The van der Waals surface area contributed by atoms with E-state index in [1.54, 1.807) is 0 Å². The molecule has 2 aromatic carbocycles. The lowest BCUT2D eigenvalue weighted by Gasteiger charge is -2.22. The standard InChI is InChI=1S/C18H19NO3/c19-16(18(20)21)11-22-17-14-7-3-1-5-12(14)9-10-13-6-2-4-8-15(13)17/h1-8,16-17H,9-11,19H2,(H,20,21)/t16-/m0/s1. The van der Waals surface area contributed by atoms with Crippen LogP contribution >= 0.6 is 0 Å². The molecule has 1 aliphatic rings. The molecule has 114 valence electrons. The van der Waals surface area contributed by atoms with E-state index in [-0.39, 0.29) is 12.7 Å². The zero-order valence-electron chi connectivity index (χ0n) is 12.2. The van der Waals surface area contributed by atoms with Gasteiger partial charge >= 0.3 is 5.97 Å². The predicted octanol–water partition coefficient (Wildman–Crippen LogP) is 2.30. The Hall–Kier alpha value is -2.17. The molecule has 0 saturated heterocycles. The minimum atomic E-state index is -1.05. The highest BCUT2D eigenvalue weighted by atomic mass is 16.5. The molecule has 4 heteroatoms. The second kappa shape index (κ2) is 6.30. The Kier molecular flexibility index (Phi) is 4.22. The largest absolute Gasteiger partial charge is 0.480 e. The number of aryl methyl sites for hydroxylation is 2. The van der Waals surface area contributed by atoms with E-state index in [0.717, 1.165) is 24.0 Å². The van der Waals surface area contributed by atoms with Crippen LogP contribution in [0.2, 0.25) is 0 Å². The second-order valence-corrected chi connectivity index (χ2v) is 5.56. The number of ether oxygens (including phenoxy) is 1. The van der Waals surface area contributed by atoms with E-state index < -0.39 is 12.0 Å². The molecule has 0 bridgehead atoms. The third kappa shape index (κ3) is 2.89. The summed E-state index contributed by atoms with van der Waals surface area (Å²) in [4.78, 5) is 10.9. The Bertz CT molecular complexity index is 636. The summed E-state index contributed by atoms with van der Waals surface area (Å²) < 4.78 is 5.93.